The molecule has 1 aliphatic heterocycles. The Morgan fingerprint density at radius 2 is 1.12 bits per heavy atom. The van der Waals surface area contributed by atoms with Gasteiger partial charge >= 0.3 is 5.97 Å². The van der Waals surface area contributed by atoms with Gasteiger partial charge in [-0.15, -0.1) is 0 Å². The highest BCUT2D eigenvalue weighted by Gasteiger charge is 2.29. The highest BCUT2D eigenvalue weighted by Crippen LogP contribution is 2.23. The van der Waals surface area contributed by atoms with Crippen LogP contribution in [-0.2, 0) is 42.5 Å². The fourth-order valence-corrected chi connectivity index (χ4v) is 7.64. The third-order valence-electron chi connectivity index (χ3n) is 11.0. The zero-order valence-corrected chi connectivity index (χ0v) is 44.5. The fourth-order valence-electron chi connectivity index (χ4n) is 7.24. The largest absolute Gasteiger partial charge is 0.465 e. The fraction of sp³-hybridized carbons (Fsp3) is 0.319. The maximum absolute atomic E-state index is 11.4. The van der Waals surface area contributed by atoms with Crippen LogP contribution in [0.2, 0.25) is 10.3 Å². The number of pyridine rings is 4. The number of hydrazone groups is 1. The van der Waals surface area contributed by atoms with E-state index in [1.165, 1.54) is 6.07 Å². The van der Waals surface area contributed by atoms with E-state index in [1.54, 1.807) is 97.1 Å². The standard InChI is InChI=1S/C9H9ClN4O.C9H7ClN4.C9H10N4O2.C9H8N4O.C6H11N3O.C5H7NO2/c1-4-5-3-6(8(11)15)7(10)12-9(5)14(2)13-4;1-5-7-3-6(4-11)8(10)12-9(7)14(2)13-5;1-4-5-3-6(7(10)14)9(15)11-8(5)13(2)12-4;1-5-7-3-6(4-10)9(14)11-8(7)13(2)12-5;1-4-5(3-10)6(7)9(2)8-4;1-2-8-5(7)3-4-6/h3H,1-2H3,(H2,11,15);3H,1-2H3;3H,1-2H3,(H2,10,14)(H,11,15);3H,1-2H3,(H,11,14);3,5-6H,7H2,1-2H3;2-3H2,1H3. The van der Waals surface area contributed by atoms with E-state index < -0.39 is 23.3 Å². The number of nitrogens with two attached hydrogens (primary N) is 3. The average Bonchev–Trinajstić information content (AvgIpc) is 4.07. The summed E-state index contributed by atoms with van der Waals surface area (Å²) < 4.78 is 10.8. The summed E-state index contributed by atoms with van der Waals surface area (Å²) in [5, 5.41) is 51.2. The topological polar surface area (TPSA) is 405 Å². The molecule has 2 atom stereocenters. The number of aromatic amines is 2. The lowest BCUT2D eigenvalue weighted by molar-refractivity contribution is -0.141. The van der Waals surface area contributed by atoms with Crippen molar-refractivity contribution in [3.63, 3.8) is 0 Å². The summed E-state index contributed by atoms with van der Waals surface area (Å²) in [5.74, 6) is -1.99. The molecule has 0 spiro atoms. The molecule has 0 radical (unpaired) electrons. The predicted octanol–water partition coefficient (Wildman–Crippen LogP) is 2.81. The molecule has 0 saturated carbocycles. The minimum absolute atomic E-state index is 0.0430. The van der Waals surface area contributed by atoms with E-state index in [0.717, 1.165) is 56.3 Å². The average molecular weight is 1080 g/mol. The Labute approximate surface area is 442 Å². The number of H-pyrrole nitrogens is 2. The number of carbonyl (C=O) groups is 4. The van der Waals surface area contributed by atoms with Crippen molar-refractivity contribution in [2.24, 2.45) is 56.4 Å². The number of hydrogen-bond donors (Lipinski definition) is 5. The Bertz CT molecular complexity index is 3820. The highest BCUT2D eigenvalue weighted by atomic mass is 35.5. The lowest BCUT2D eigenvalue weighted by Crippen LogP contribution is -2.39. The summed E-state index contributed by atoms with van der Waals surface area (Å²) in [6.45, 7) is 11.2. The van der Waals surface area contributed by atoms with Crippen LogP contribution in [0.15, 0.2) is 39.0 Å². The Kier molecular flexibility index (Phi) is 19.9. The van der Waals surface area contributed by atoms with Crippen molar-refractivity contribution < 1.29 is 23.9 Å². The molecule has 8 N–H and O–H groups in total. The minimum atomic E-state index is -0.735. The number of aldehydes is 1. The van der Waals surface area contributed by atoms with Crippen molar-refractivity contribution in [2.75, 3.05) is 13.7 Å². The zero-order chi connectivity index (χ0) is 57.0. The molecule has 2 amide bonds. The van der Waals surface area contributed by atoms with Gasteiger partial charge < -0.3 is 36.7 Å². The van der Waals surface area contributed by atoms with E-state index in [0.29, 0.717) is 34.8 Å². The summed E-state index contributed by atoms with van der Waals surface area (Å²) in [6.07, 6.45) is 0.429. The molecule has 0 fully saturated rings. The van der Waals surface area contributed by atoms with Gasteiger partial charge in [0.05, 0.1) is 52.5 Å². The summed E-state index contributed by atoms with van der Waals surface area (Å²) >= 11 is 11.6. The third-order valence-corrected chi connectivity index (χ3v) is 11.6. The Hall–Kier alpha value is -9.36. The van der Waals surface area contributed by atoms with Crippen LogP contribution in [0.3, 0.4) is 0 Å². The number of carbonyl (C=O) groups excluding carboxylic acids is 4. The van der Waals surface area contributed by atoms with Gasteiger partial charge in [0.25, 0.3) is 22.9 Å². The quantitative estimate of drug-likeness (QED) is 0.0939. The smallest absolute Gasteiger partial charge is 0.320 e. The molecule has 8 aromatic heterocycles. The van der Waals surface area contributed by atoms with E-state index >= 15 is 0 Å². The first-order chi connectivity index (χ1) is 35.7. The van der Waals surface area contributed by atoms with Crippen molar-refractivity contribution in [3.8, 4) is 18.2 Å². The van der Waals surface area contributed by atoms with Crippen molar-refractivity contribution in [2.45, 2.75) is 54.1 Å². The van der Waals surface area contributed by atoms with Crippen molar-refractivity contribution in [1.29, 1.82) is 15.8 Å². The van der Waals surface area contributed by atoms with Gasteiger partial charge in [-0.05, 0) is 65.8 Å². The molecule has 0 aromatic carbocycles. The predicted molar refractivity (Wildman–Crippen MR) is 280 cm³/mol. The molecule has 1 aliphatic rings. The summed E-state index contributed by atoms with van der Waals surface area (Å²) in [6, 6.07) is 11.9. The van der Waals surface area contributed by atoms with Crippen LogP contribution >= 0.6 is 23.2 Å². The number of nitrogens with zero attached hydrogens (tertiary/aromatic N) is 15. The van der Waals surface area contributed by atoms with E-state index in [9.17, 15) is 28.8 Å². The number of amides is 2. The maximum atomic E-state index is 11.4. The Balaban J connectivity index is 0.000000200. The summed E-state index contributed by atoms with van der Waals surface area (Å²) in [5.41, 5.74) is 22.2. The van der Waals surface area contributed by atoms with Crippen molar-refractivity contribution in [3.05, 3.63) is 100 Å². The maximum Gasteiger partial charge on any atom is 0.320 e. The van der Waals surface area contributed by atoms with Crippen LogP contribution in [0.25, 0.3) is 44.1 Å². The number of aryl methyl sites for hydroxylation is 8. The molecule has 9 heterocycles. The zero-order valence-electron chi connectivity index (χ0n) is 43.0. The van der Waals surface area contributed by atoms with E-state index in [-0.39, 0.29) is 51.1 Å². The van der Waals surface area contributed by atoms with Gasteiger partial charge in [-0.1, -0.05) is 23.2 Å². The number of nitrogens with one attached hydrogen (secondary N) is 2. The summed E-state index contributed by atoms with van der Waals surface area (Å²) in [4.78, 5) is 78.7. The molecule has 76 heavy (non-hydrogen) atoms. The number of ether oxygens (including phenoxy) is 1. The highest BCUT2D eigenvalue weighted by molar-refractivity contribution is 6.33. The molecule has 9 rings (SSSR count). The van der Waals surface area contributed by atoms with Gasteiger partial charge in [0.1, 0.15) is 63.7 Å². The lowest BCUT2D eigenvalue weighted by atomic mass is 10.1. The second kappa shape index (κ2) is 25.5. The van der Waals surface area contributed by atoms with Crippen LogP contribution in [0.5, 0.6) is 0 Å². The van der Waals surface area contributed by atoms with E-state index in [1.807, 2.05) is 39.8 Å². The molecule has 2 unspecified atom stereocenters. The minimum Gasteiger partial charge on any atom is -0.465 e. The normalized spacial score (nSPS) is 13.1. The van der Waals surface area contributed by atoms with Gasteiger partial charge in [-0.25, -0.2) is 9.97 Å². The first-order valence-corrected chi connectivity index (χ1v) is 23.0. The first-order valence-electron chi connectivity index (χ1n) is 22.3. The number of esters is 1. The molecule has 0 saturated heterocycles. The monoisotopic (exact) mass is 1080 g/mol. The third kappa shape index (κ3) is 13.6. The molecule has 29 heteroatoms. The lowest BCUT2D eigenvalue weighted by Gasteiger charge is -2.15. The summed E-state index contributed by atoms with van der Waals surface area (Å²) in [7, 11) is 8.79. The van der Waals surface area contributed by atoms with Gasteiger partial charge in [-0.2, -0.15) is 41.3 Å². The van der Waals surface area contributed by atoms with Gasteiger partial charge in [0, 0.05) is 62.5 Å². The van der Waals surface area contributed by atoms with Crippen molar-refractivity contribution >= 4 is 97.1 Å². The molecule has 0 aliphatic carbocycles. The van der Waals surface area contributed by atoms with Crippen LogP contribution in [0.4, 0.5) is 0 Å². The van der Waals surface area contributed by atoms with Crippen LogP contribution in [-0.4, -0.2) is 114 Å². The van der Waals surface area contributed by atoms with Crippen LogP contribution < -0.4 is 28.3 Å². The van der Waals surface area contributed by atoms with Crippen LogP contribution in [0, 0.1) is 67.6 Å². The Morgan fingerprint density at radius 3 is 1.55 bits per heavy atom. The van der Waals surface area contributed by atoms with Gasteiger partial charge in [-0.3, -0.25) is 47.7 Å². The number of halogens is 2. The number of fused-ring (bicyclic) bond motifs is 4. The molecule has 27 nitrogen and oxygen atoms in total. The van der Waals surface area contributed by atoms with Gasteiger partial charge in [0.2, 0.25) is 0 Å². The number of nitriles is 3. The molecule has 396 valence electrons. The SMILES string of the molecule is CC1=NN(C)C(N)C1C=O.CCOC(=O)CC#N.Cc1nn(C)c2[nH]c(=O)c(C#N)cc12.Cc1nn(C)c2[nH]c(=O)c(C(N)=O)cc12.Cc1nn(C)c2nc(Cl)c(C#N)cc12.Cc1nn(C)c2nc(Cl)c(C(N)=O)cc12. The van der Waals surface area contributed by atoms with E-state index in [2.05, 4.69) is 50.2 Å². The number of rotatable bonds is 5. The number of aromatic nitrogens is 12. The molecular formula is C47H52Cl2N20O7. The first kappa shape index (κ1) is 59.2. The van der Waals surface area contributed by atoms with Gasteiger partial charge in [0.15, 0.2) is 11.3 Å². The number of primary amides is 2. The van der Waals surface area contributed by atoms with Crippen molar-refractivity contribution in [1.82, 2.24) is 64.1 Å². The molecule has 0 bridgehead atoms. The second-order valence-electron chi connectivity index (χ2n) is 16.3. The number of hydrogen-bond acceptors (Lipinski definition) is 19. The molecule has 8 aromatic rings. The molecular weight excluding hydrogens is 1030 g/mol. The second-order valence-corrected chi connectivity index (χ2v) is 17.1. The van der Waals surface area contributed by atoms with Crippen LogP contribution in [0.1, 0.15) is 74.9 Å². The van der Waals surface area contributed by atoms with E-state index in [4.69, 9.17) is 56.2 Å². The Morgan fingerprint density at radius 1 is 0.684 bits per heavy atom.